The Hall–Kier alpha value is -2.64. The van der Waals surface area contributed by atoms with Crippen LogP contribution in [0.2, 0.25) is 0 Å². The fraction of sp³-hybridized carbons (Fsp3) is 0.0625. The standard InChI is InChI=1S/C16H14N2O4S/c19-23(20,16-17-9-10-18-16)21-12-13-5-4-8-15(11-13)22-14-6-2-1-3-7-14/h1-11H,12H2,(H,17,18). The van der Waals surface area contributed by atoms with Gasteiger partial charge in [0.05, 0.1) is 6.61 Å². The average Bonchev–Trinajstić information content (AvgIpc) is 3.10. The van der Waals surface area contributed by atoms with E-state index < -0.39 is 10.1 Å². The average molecular weight is 330 g/mol. The Morgan fingerprint density at radius 3 is 2.52 bits per heavy atom. The van der Waals surface area contributed by atoms with Crippen LogP contribution in [-0.2, 0) is 20.9 Å². The quantitative estimate of drug-likeness (QED) is 0.702. The third-order valence-corrected chi connectivity index (χ3v) is 4.09. The highest BCUT2D eigenvalue weighted by molar-refractivity contribution is 7.86. The first-order chi connectivity index (χ1) is 11.1. The molecule has 1 aromatic heterocycles. The molecule has 7 heteroatoms. The van der Waals surface area contributed by atoms with Crippen molar-refractivity contribution in [1.29, 1.82) is 0 Å². The molecule has 0 aliphatic rings. The molecule has 0 spiro atoms. The zero-order chi connectivity index (χ0) is 16.1. The molecule has 0 fully saturated rings. The maximum Gasteiger partial charge on any atom is 0.331 e. The lowest BCUT2D eigenvalue weighted by Gasteiger charge is -2.08. The number of para-hydroxylation sites is 1. The van der Waals surface area contributed by atoms with Crippen LogP contribution >= 0.6 is 0 Å². The molecule has 0 aliphatic carbocycles. The second kappa shape index (κ2) is 6.64. The molecular formula is C16H14N2O4S. The maximum atomic E-state index is 11.9. The van der Waals surface area contributed by atoms with Gasteiger partial charge in [0.2, 0.25) is 0 Å². The van der Waals surface area contributed by atoms with Crippen LogP contribution in [0.5, 0.6) is 11.5 Å². The second-order valence-corrected chi connectivity index (χ2v) is 6.20. The van der Waals surface area contributed by atoms with E-state index in [1.165, 1.54) is 12.4 Å². The highest BCUT2D eigenvalue weighted by Gasteiger charge is 2.17. The topological polar surface area (TPSA) is 81.3 Å². The van der Waals surface area contributed by atoms with Crippen molar-refractivity contribution in [3.63, 3.8) is 0 Å². The van der Waals surface area contributed by atoms with Gasteiger partial charge in [-0.1, -0.05) is 30.3 Å². The van der Waals surface area contributed by atoms with Crippen molar-refractivity contribution in [1.82, 2.24) is 9.97 Å². The molecule has 0 saturated carbocycles. The van der Waals surface area contributed by atoms with Crippen LogP contribution in [0.15, 0.2) is 72.1 Å². The van der Waals surface area contributed by atoms with Gasteiger partial charge in [-0.3, -0.25) is 4.18 Å². The van der Waals surface area contributed by atoms with Gasteiger partial charge in [0.15, 0.2) is 0 Å². The molecule has 1 N–H and O–H groups in total. The summed E-state index contributed by atoms with van der Waals surface area (Å²) in [5.74, 6) is 1.31. The summed E-state index contributed by atoms with van der Waals surface area (Å²) in [5, 5.41) is -0.214. The third kappa shape index (κ3) is 3.97. The Kier molecular flexibility index (Phi) is 4.40. The minimum atomic E-state index is -3.89. The van der Waals surface area contributed by atoms with Crippen LogP contribution in [-0.4, -0.2) is 18.4 Å². The minimum Gasteiger partial charge on any atom is -0.457 e. The number of H-pyrrole nitrogens is 1. The predicted octanol–water partition coefficient (Wildman–Crippen LogP) is 3.11. The number of nitrogens with one attached hydrogen (secondary N) is 1. The van der Waals surface area contributed by atoms with E-state index in [0.29, 0.717) is 17.1 Å². The van der Waals surface area contributed by atoms with Crippen molar-refractivity contribution in [2.75, 3.05) is 0 Å². The van der Waals surface area contributed by atoms with Crippen LogP contribution in [0.1, 0.15) is 5.56 Å². The molecule has 6 nitrogen and oxygen atoms in total. The Labute approximate surface area is 133 Å². The summed E-state index contributed by atoms with van der Waals surface area (Å²) in [6, 6.07) is 16.4. The normalized spacial score (nSPS) is 11.3. The van der Waals surface area contributed by atoms with E-state index in [4.69, 9.17) is 8.92 Å². The molecule has 2 aromatic carbocycles. The summed E-state index contributed by atoms with van der Waals surface area (Å²) in [6.07, 6.45) is 2.77. The van der Waals surface area contributed by atoms with Gasteiger partial charge in [-0.05, 0) is 29.8 Å². The van der Waals surface area contributed by atoms with E-state index >= 15 is 0 Å². The number of aromatic amines is 1. The number of hydrogen-bond acceptors (Lipinski definition) is 5. The van der Waals surface area contributed by atoms with E-state index in [2.05, 4.69) is 9.97 Å². The van der Waals surface area contributed by atoms with Gasteiger partial charge < -0.3 is 9.72 Å². The van der Waals surface area contributed by atoms with Crippen molar-refractivity contribution in [3.8, 4) is 11.5 Å². The molecule has 1 heterocycles. The number of rotatable bonds is 6. The van der Waals surface area contributed by atoms with Crippen LogP contribution in [0, 0.1) is 0 Å². The van der Waals surface area contributed by atoms with Crippen molar-refractivity contribution in [2.24, 2.45) is 0 Å². The third-order valence-electron chi connectivity index (χ3n) is 2.97. The molecule has 3 aromatic rings. The molecule has 0 aliphatic heterocycles. The zero-order valence-corrected chi connectivity index (χ0v) is 12.9. The molecule has 118 valence electrons. The van der Waals surface area contributed by atoms with Crippen molar-refractivity contribution in [2.45, 2.75) is 11.8 Å². The summed E-state index contributed by atoms with van der Waals surface area (Å²) in [4.78, 5) is 6.19. The van der Waals surface area contributed by atoms with E-state index in [1.54, 1.807) is 24.3 Å². The van der Waals surface area contributed by atoms with Crippen molar-refractivity contribution >= 4 is 10.1 Å². The van der Waals surface area contributed by atoms with Gasteiger partial charge >= 0.3 is 10.1 Å². The lowest BCUT2D eigenvalue weighted by atomic mass is 10.2. The smallest absolute Gasteiger partial charge is 0.331 e. The van der Waals surface area contributed by atoms with Gasteiger partial charge in [0, 0.05) is 12.4 Å². The molecule has 0 atom stereocenters. The largest absolute Gasteiger partial charge is 0.457 e. The number of ether oxygens (including phenoxy) is 1. The Balaban J connectivity index is 1.68. The predicted molar refractivity (Wildman–Crippen MR) is 83.5 cm³/mol. The first-order valence-corrected chi connectivity index (χ1v) is 8.25. The van der Waals surface area contributed by atoms with E-state index in [9.17, 15) is 8.42 Å². The lowest BCUT2D eigenvalue weighted by Crippen LogP contribution is -2.08. The van der Waals surface area contributed by atoms with E-state index in [1.807, 2.05) is 30.3 Å². The van der Waals surface area contributed by atoms with Gasteiger partial charge in [0.1, 0.15) is 11.5 Å². The molecule has 23 heavy (non-hydrogen) atoms. The zero-order valence-electron chi connectivity index (χ0n) is 12.0. The molecule has 0 radical (unpaired) electrons. The lowest BCUT2D eigenvalue weighted by molar-refractivity contribution is 0.304. The summed E-state index contributed by atoms with van der Waals surface area (Å²) in [6.45, 7) is -0.102. The SMILES string of the molecule is O=S(=O)(OCc1cccc(Oc2ccccc2)c1)c1ncc[nH]1. The summed E-state index contributed by atoms with van der Waals surface area (Å²) >= 11 is 0. The monoisotopic (exact) mass is 330 g/mol. The Morgan fingerprint density at radius 1 is 1.00 bits per heavy atom. The highest BCUT2D eigenvalue weighted by atomic mass is 32.2. The maximum absolute atomic E-state index is 11.9. The van der Waals surface area contributed by atoms with Gasteiger partial charge in [0.25, 0.3) is 5.16 Å². The molecule has 0 saturated heterocycles. The molecular weight excluding hydrogens is 316 g/mol. The fourth-order valence-electron chi connectivity index (χ4n) is 1.91. The fourth-order valence-corrected chi connectivity index (χ4v) is 2.72. The molecule has 0 amide bonds. The van der Waals surface area contributed by atoms with Crippen LogP contribution in [0.25, 0.3) is 0 Å². The van der Waals surface area contributed by atoms with Gasteiger partial charge in [-0.15, -0.1) is 0 Å². The minimum absolute atomic E-state index is 0.102. The van der Waals surface area contributed by atoms with Crippen molar-refractivity contribution in [3.05, 3.63) is 72.6 Å². The number of imidazole rings is 1. The molecule has 0 bridgehead atoms. The van der Waals surface area contributed by atoms with Crippen LogP contribution in [0.4, 0.5) is 0 Å². The summed E-state index contributed by atoms with van der Waals surface area (Å²) < 4.78 is 34.5. The Morgan fingerprint density at radius 2 is 1.78 bits per heavy atom. The van der Waals surface area contributed by atoms with Gasteiger partial charge in [-0.25, -0.2) is 4.98 Å². The van der Waals surface area contributed by atoms with Crippen LogP contribution < -0.4 is 4.74 Å². The van der Waals surface area contributed by atoms with Gasteiger partial charge in [-0.2, -0.15) is 8.42 Å². The summed E-state index contributed by atoms with van der Waals surface area (Å²) in [5.41, 5.74) is 0.675. The van der Waals surface area contributed by atoms with Crippen LogP contribution in [0.3, 0.4) is 0 Å². The molecule has 0 unspecified atom stereocenters. The first-order valence-electron chi connectivity index (χ1n) is 6.84. The van der Waals surface area contributed by atoms with Crippen molar-refractivity contribution < 1.29 is 17.3 Å². The number of hydrogen-bond donors (Lipinski definition) is 1. The summed E-state index contributed by atoms with van der Waals surface area (Å²) in [7, 11) is -3.89. The number of benzene rings is 2. The number of nitrogens with zero attached hydrogens (tertiary/aromatic N) is 1. The first kappa shape index (κ1) is 15.3. The van der Waals surface area contributed by atoms with E-state index in [-0.39, 0.29) is 11.8 Å². The number of aromatic nitrogens is 2. The van der Waals surface area contributed by atoms with E-state index in [0.717, 1.165) is 0 Å². The Bertz CT molecular complexity index is 862. The second-order valence-electron chi connectivity index (χ2n) is 4.67. The molecule has 3 rings (SSSR count). The highest BCUT2D eigenvalue weighted by Crippen LogP contribution is 2.22.